The van der Waals surface area contributed by atoms with Crippen LogP contribution in [0.25, 0.3) is 15.8 Å². The van der Waals surface area contributed by atoms with Crippen molar-refractivity contribution in [3.8, 4) is 0 Å². The van der Waals surface area contributed by atoms with Crippen molar-refractivity contribution in [1.29, 1.82) is 0 Å². The van der Waals surface area contributed by atoms with Gasteiger partial charge >= 0.3 is 0 Å². The molecule has 5 nitrogen and oxygen atoms in total. The van der Waals surface area contributed by atoms with Gasteiger partial charge in [-0.25, -0.2) is 0 Å². The average molecular weight is 569 g/mol. The minimum Gasteiger partial charge on any atom is -0.338 e. The van der Waals surface area contributed by atoms with E-state index in [1.165, 1.54) is 10.3 Å². The van der Waals surface area contributed by atoms with Crippen molar-refractivity contribution in [2.24, 2.45) is 0 Å². The lowest BCUT2D eigenvalue weighted by molar-refractivity contribution is 0.0257. The van der Waals surface area contributed by atoms with Crippen LogP contribution in [0.5, 0.6) is 0 Å². The first-order valence-electron chi connectivity index (χ1n) is 12.8. The molecule has 1 aromatic heterocycles. The van der Waals surface area contributed by atoms with Gasteiger partial charge in [-0.3, -0.25) is 20.0 Å². The maximum absolute atomic E-state index is 13.3. The Labute approximate surface area is 226 Å². The lowest BCUT2D eigenvalue weighted by atomic mass is 9.85. The molecule has 7 heteroatoms. The van der Waals surface area contributed by atoms with Gasteiger partial charge in [-0.2, -0.15) is 0 Å². The molecule has 0 spiro atoms. The number of hydroxylamine groups is 1. The Bertz CT molecular complexity index is 1230. The third kappa shape index (κ3) is 5.25. The number of nitrogens with zero attached hydrogens (tertiary/aromatic N) is 2. The predicted octanol–water partition coefficient (Wildman–Crippen LogP) is 6.71. The largest absolute Gasteiger partial charge is 0.338 e. The third-order valence-corrected chi connectivity index (χ3v) is 9.27. The van der Waals surface area contributed by atoms with Crippen LogP contribution in [0.4, 0.5) is 0 Å². The van der Waals surface area contributed by atoms with Gasteiger partial charge in [-0.15, -0.1) is 11.3 Å². The van der Waals surface area contributed by atoms with E-state index in [4.69, 9.17) is 4.84 Å². The van der Waals surface area contributed by atoms with Crippen LogP contribution in [-0.2, 0) is 4.84 Å². The van der Waals surface area contributed by atoms with Crippen molar-refractivity contribution in [3.63, 3.8) is 0 Å². The van der Waals surface area contributed by atoms with E-state index in [1.807, 2.05) is 24.4 Å². The van der Waals surface area contributed by atoms with Crippen LogP contribution in [0.3, 0.4) is 0 Å². The van der Waals surface area contributed by atoms with Crippen molar-refractivity contribution in [2.75, 3.05) is 32.8 Å². The normalized spacial score (nSPS) is 18.4. The second-order valence-electron chi connectivity index (χ2n) is 9.94. The zero-order valence-electron chi connectivity index (χ0n) is 21.1. The van der Waals surface area contributed by atoms with Crippen molar-refractivity contribution in [1.82, 2.24) is 15.3 Å². The molecule has 36 heavy (non-hydrogen) atoms. The van der Waals surface area contributed by atoms with E-state index in [9.17, 15) is 4.79 Å². The number of fused-ring (bicyclic) bond motifs is 1. The molecule has 0 bridgehead atoms. The summed E-state index contributed by atoms with van der Waals surface area (Å²) in [5.41, 5.74) is 7.90. The number of carbonyl (C=O) groups excluding carboxylic acids is 1. The Kier molecular flexibility index (Phi) is 7.82. The third-order valence-electron chi connectivity index (χ3n) is 7.77. The van der Waals surface area contributed by atoms with Gasteiger partial charge in [0.15, 0.2) is 0 Å². The minimum absolute atomic E-state index is 0.129. The highest BCUT2D eigenvalue weighted by atomic mass is 79.9. The molecule has 0 saturated carbocycles. The smallest absolute Gasteiger partial charge is 0.255 e. The minimum atomic E-state index is 0.129. The van der Waals surface area contributed by atoms with Crippen LogP contribution in [-0.4, -0.2) is 54.0 Å². The van der Waals surface area contributed by atoms with E-state index in [0.717, 1.165) is 78.5 Å². The van der Waals surface area contributed by atoms with Crippen LogP contribution < -0.4 is 5.48 Å². The second kappa shape index (κ2) is 11.1. The van der Waals surface area contributed by atoms with Gasteiger partial charge in [0, 0.05) is 51.7 Å². The summed E-state index contributed by atoms with van der Waals surface area (Å²) in [5, 5.41) is 3.11. The van der Waals surface area contributed by atoms with Gasteiger partial charge in [-0.1, -0.05) is 46.3 Å². The molecule has 1 amide bonds. The molecule has 2 fully saturated rings. The standard InChI is InChI=1S/C29H34BrN3O2S/c1-3-35-31-27(21-8-10-23(30)11-9-21)22-12-16-33(17-13-22)29(2)14-18-32(19-15-29)28(34)25-20-36-26-7-5-4-6-24(25)26/h4-11,20,31H,3,12-19H2,1-2H3. The maximum Gasteiger partial charge on any atom is 0.255 e. The highest BCUT2D eigenvalue weighted by molar-refractivity contribution is 9.10. The van der Waals surface area contributed by atoms with Crippen molar-refractivity contribution in [3.05, 3.63) is 75.1 Å². The summed E-state index contributed by atoms with van der Waals surface area (Å²) in [7, 11) is 0. The number of thiophene rings is 1. The Morgan fingerprint density at radius 2 is 1.75 bits per heavy atom. The highest BCUT2D eigenvalue weighted by Crippen LogP contribution is 2.35. The number of likely N-dealkylation sites (tertiary alicyclic amines) is 2. The van der Waals surface area contributed by atoms with Crippen molar-refractivity contribution in [2.45, 2.75) is 45.1 Å². The zero-order valence-corrected chi connectivity index (χ0v) is 23.5. The van der Waals surface area contributed by atoms with E-state index in [1.54, 1.807) is 11.3 Å². The molecule has 3 aromatic rings. The molecule has 0 aliphatic carbocycles. The molecule has 3 heterocycles. The average Bonchev–Trinajstić information content (AvgIpc) is 3.34. The monoisotopic (exact) mass is 567 g/mol. The van der Waals surface area contributed by atoms with Crippen LogP contribution in [0.15, 0.2) is 64.0 Å². The number of halogens is 1. The Morgan fingerprint density at radius 1 is 1.06 bits per heavy atom. The number of rotatable bonds is 6. The van der Waals surface area contributed by atoms with Gasteiger partial charge in [0.1, 0.15) is 0 Å². The van der Waals surface area contributed by atoms with E-state index < -0.39 is 0 Å². The van der Waals surface area contributed by atoms with Crippen LogP contribution in [0.1, 0.15) is 55.5 Å². The lowest BCUT2D eigenvalue weighted by Gasteiger charge is -2.48. The number of nitrogens with one attached hydrogen (secondary N) is 1. The van der Waals surface area contributed by atoms with Gasteiger partial charge in [-0.05, 0) is 68.9 Å². The summed E-state index contributed by atoms with van der Waals surface area (Å²) in [5.74, 6) is 0.180. The Morgan fingerprint density at radius 3 is 2.44 bits per heavy atom. The van der Waals surface area contributed by atoms with Crippen LogP contribution in [0.2, 0.25) is 0 Å². The summed E-state index contributed by atoms with van der Waals surface area (Å²) in [6, 6.07) is 16.6. The summed E-state index contributed by atoms with van der Waals surface area (Å²) in [4.78, 5) is 23.6. The quantitative estimate of drug-likeness (QED) is 0.336. The number of carbonyl (C=O) groups is 1. The zero-order chi connectivity index (χ0) is 25.1. The van der Waals surface area contributed by atoms with E-state index in [0.29, 0.717) is 6.61 Å². The lowest BCUT2D eigenvalue weighted by Crippen LogP contribution is -2.56. The molecule has 1 N–H and O–H groups in total. The topological polar surface area (TPSA) is 44.8 Å². The summed E-state index contributed by atoms with van der Waals surface area (Å²) in [6.45, 7) is 8.69. The highest BCUT2D eigenvalue weighted by Gasteiger charge is 2.38. The first kappa shape index (κ1) is 25.5. The molecule has 2 aliphatic rings. The fourth-order valence-electron chi connectivity index (χ4n) is 5.48. The van der Waals surface area contributed by atoms with Gasteiger partial charge < -0.3 is 4.90 Å². The molecular weight excluding hydrogens is 534 g/mol. The van der Waals surface area contributed by atoms with Crippen molar-refractivity contribution >= 4 is 49.0 Å². The van der Waals surface area contributed by atoms with Gasteiger partial charge in [0.2, 0.25) is 0 Å². The number of hydrogen-bond acceptors (Lipinski definition) is 5. The van der Waals surface area contributed by atoms with Gasteiger partial charge in [0.05, 0.1) is 17.9 Å². The Hall–Kier alpha value is -2.19. The van der Waals surface area contributed by atoms with Crippen LogP contribution >= 0.6 is 27.3 Å². The van der Waals surface area contributed by atoms with E-state index in [-0.39, 0.29) is 11.4 Å². The fraction of sp³-hybridized carbons (Fsp3) is 0.414. The summed E-state index contributed by atoms with van der Waals surface area (Å²) in [6.07, 6.45) is 4.06. The SMILES string of the molecule is CCONC(=C1CCN(C2(C)CCN(C(=O)c3csc4ccccc34)CC2)CC1)c1ccc(Br)cc1. The number of hydrogen-bond donors (Lipinski definition) is 1. The summed E-state index contributed by atoms with van der Waals surface area (Å²) >= 11 is 5.20. The first-order chi connectivity index (χ1) is 17.5. The molecule has 2 saturated heterocycles. The first-order valence-corrected chi connectivity index (χ1v) is 14.5. The fourth-order valence-corrected chi connectivity index (χ4v) is 6.68. The molecule has 0 radical (unpaired) electrons. The molecule has 0 atom stereocenters. The predicted molar refractivity (Wildman–Crippen MR) is 152 cm³/mol. The van der Waals surface area contributed by atoms with E-state index in [2.05, 4.69) is 74.5 Å². The second-order valence-corrected chi connectivity index (χ2v) is 11.8. The van der Waals surface area contributed by atoms with Gasteiger partial charge in [0.25, 0.3) is 5.91 Å². The van der Waals surface area contributed by atoms with Crippen molar-refractivity contribution < 1.29 is 9.63 Å². The number of piperidine rings is 2. The molecule has 190 valence electrons. The van der Waals surface area contributed by atoms with E-state index >= 15 is 0 Å². The summed E-state index contributed by atoms with van der Waals surface area (Å²) < 4.78 is 2.26. The number of amides is 1. The number of benzene rings is 2. The Balaban J connectivity index is 1.23. The molecule has 2 aliphatic heterocycles. The molecule has 2 aromatic carbocycles. The molecular formula is C29H34BrN3O2S. The maximum atomic E-state index is 13.3. The van der Waals surface area contributed by atoms with Crippen LogP contribution in [0, 0.1) is 0 Å². The molecule has 0 unspecified atom stereocenters. The molecule has 5 rings (SSSR count).